The van der Waals surface area contributed by atoms with Crippen LogP contribution in [0.15, 0.2) is 24.3 Å². The van der Waals surface area contributed by atoms with Crippen molar-refractivity contribution >= 4 is 17.6 Å². The Morgan fingerprint density at radius 2 is 1.20 bits per heavy atom. The summed E-state index contributed by atoms with van der Waals surface area (Å²) in [6.07, 6.45) is 19.0. The fourth-order valence-corrected chi connectivity index (χ4v) is 3.55. The van der Waals surface area contributed by atoms with Gasteiger partial charge in [0, 0.05) is 17.8 Å². The van der Waals surface area contributed by atoms with Gasteiger partial charge in [-0.1, -0.05) is 90.4 Å². The van der Waals surface area contributed by atoms with Gasteiger partial charge in [0.05, 0.1) is 0 Å². The van der Waals surface area contributed by atoms with Gasteiger partial charge in [-0.05, 0) is 30.7 Å². The van der Waals surface area contributed by atoms with Crippen molar-refractivity contribution in [2.24, 2.45) is 0 Å². The number of hydrogen-bond donors (Lipinski definition) is 3. The van der Waals surface area contributed by atoms with Crippen LogP contribution in [0.5, 0.6) is 0 Å². The molecule has 0 aliphatic rings. The van der Waals surface area contributed by atoms with E-state index in [4.69, 9.17) is 5.11 Å². The lowest BCUT2D eigenvalue weighted by Gasteiger charge is -2.08. The Kier molecular flexibility index (Phi) is 15.4. The molecule has 0 aromatic heterocycles. The van der Waals surface area contributed by atoms with Crippen LogP contribution < -0.4 is 10.6 Å². The number of anilines is 1. The van der Waals surface area contributed by atoms with Crippen LogP contribution in [-0.4, -0.2) is 30.1 Å². The number of nitrogens with one attached hydrogen (secondary N) is 2. The van der Waals surface area contributed by atoms with Crippen molar-refractivity contribution in [2.75, 3.05) is 18.4 Å². The van der Waals surface area contributed by atoms with Gasteiger partial charge in [-0.15, -0.1) is 0 Å². The van der Waals surface area contributed by atoms with E-state index in [1.165, 1.54) is 83.5 Å². The van der Waals surface area contributed by atoms with E-state index in [1.54, 1.807) is 12.1 Å². The van der Waals surface area contributed by atoms with Crippen LogP contribution in [0, 0.1) is 0 Å². The van der Waals surface area contributed by atoms with Crippen molar-refractivity contribution < 1.29 is 14.7 Å². The van der Waals surface area contributed by atoms with Crippen LogP contribution in [0.2, 0.25) is 0 Å². The van der Waals surface area contributed by atoms with E-state index >= 15 is 0 Å². The van der Waals surface area contributed by atoms with Gasteiger partial charge in [-0.25, -0.2) is 0 Å². The second-order valence-corrected chi connectivity index (χ2v) is 8.18. The van der Waals surface area contributed by atoms with Gasteiger partial charge in [0.2, 0.25) is 0 Å². The van der Waals surface area contributed by atoms with Crippen molar-refractivity contribution in [1.29, 1.82) is 0 Å². The van der Waals surface area contributed by atoms with Gasteiger partial charge in [-0.2, -0.15) is 0 Å². The Hall–Kier alpha value is -2.04. The van der Waals surface area contributed by atoms with Crippen molar-refractivity contribution in [1.82, 2.24) is 5.32 Å². The molecule has 0 heterocycles. The van der Waals surface area contributed by atoms with Crippen molar-refractivity contribution in [2.45, 2.75) is 96.8 Å². The van der Waals surface area contributed by atoms with Crippen LogP contribution in [0.25, 0.3) is 0 Å². The largest absolute Gasteiger partial charge is 0.480 e. The highest BCUT2D eigenvalue weighted by atomic mass is 16.4. The Morgan fingerprint density at radius 1 is 0.733 bits per heavy atom. The molecule has 0 saturated heterocycles. The Balaban J connectivity index is 1.93. The molecule has 3 N–H and O–H groups in total. The van der Waals surface area contributed by atoms with Crippen molar-refractivity contribution in [3.05, 3.63) is 29.8 Å². The van der Waals surface area contributed by atoms with Gasteiger partial charge in [0.15, 0.2) is 0 Å². The molecule has 1 aromatic carbocycles. The summed E-state index contributed by atoms with van der Waals surface area (Å²) in [6, 6.07) is 7.15. The Morgan fingerprint density at radius 3 is 1.67 bits per heavy atom. The molecule has 0 spiro atoms. The van der Waals surface area contributed by atoms with E-state index in [0.29, 0.717) is 5.56 Å². The SMILES string of the molecule is CCCCCCCCCCCCCCCCNc1ccc(C(=O)NCC(=O)O)cc1. The number of carbonyl (C=O) groups is 2. The summed E-state index contributed by atoms with van der Waals surface area (Å²) < 4.78 is 0. The number of unbranched alkanes of at least 4 members (excludes halogenated alkanes) is 13. The quantitative estimate of drug-likeness (QED) is 0.227. The van der Waals surface area contributed by atoms with Crippen molar-refractivity contribution in [3.63, 3.8) is 0 Å². The number of hydrogen-bond acceptors (Lipinski definition) is 3. The maximum absolute atomic E-state index is 11.8. The molecule has 0 unspecified atom stereocenters. The average molecular weight is 419 g/mol. The molecular weight excluding hydrogens is 376 g/mol. The molecular formula is C25H42N2O3. The lowest BCUT2D eigenvalue weighted by Crippen LogP contribution is -2.29. The van der Waals surface area contributed by atoms with Crippen LogP contribution in [0.4, 0.5) is 5.69 Å². The molecule has 1 aromatic rings. The third kappa shape index (κ3) is 14.0. The normalized spacial score (nSPS) is 10.7. The van der Waals surface area contributed by atoms with E-state index in [-0.39, 0.29) is 12.5 Å². The summed E-state index contributed by atoms with van der Waals surface area (Å²) in [4.78, 5) is 22.3. The molecule has 5 nitrogen and oxygen atoms in total. The maximum Gasteiger partial charge on any atom is 0.322 e. The summed E-state index contributed by atoms with van der Waals surface area (Å²) in [5, 5.41) is 14.3. The molecule has 170 valence electrons. The molecule has 0 saturated carbocycles. The van der Waals surface area contributed by atoms with Crippen LogP contribution in [0.3, 0.4) is 0 Å². The number of carbonyl (C=O) groups excluding carboxylic acids is 1. The third-order valence-corrected chi connectivity index (χ3v) is 5.41. The van der Waals surface area contributed by atoms with E-state index in [0.717, 1.165) is 18.7 Å². The predicted molar refractivity (Wildman–Crippen MR) is 125 cm³/mol. The second kappa shape index (κ2) is 17.8. The molecule has 1 amide bonds. The summed E-state index contributed by atoms with van der Waals surface area (Å²) in [5.41, 5.74) is 1.46. The maximum atomic E-state index is 11.8. The first-order valence-corrected chi connectivity index (χ1v) is 12.0. The zero-order valence-electron chi connectivity index (χ0n) is 18.9. The minimum atomic E-state index is -1.05. The number of carboxylic acid groups (broad SMARTS) is 1. The standard InChI is InChI=1S/C25H42N2O3/c1-2-3-4-5-6-7-8-9-10-11-12-13-14-15-20-26-23-18-16-22(17-19-23)25(30)27-21-24(28)29/h16-19,26H,2-15,20-21H2,1H3,(H,27,30)(H,28,29). The van der Waals surface area contributed by atoms with E-state index in [9.17, 15) is 9.59 Å². The van der Waals surface area contributed by atoms with Gasteiger partial charge in [0.1, 0.15) is 6.54 Å². The van der Waals surface area contributed by atoms with E-state index in [2.05, 4.69) is 17.6 Å². The topological polar surface area (TPSA) is 78.4 Å². The van der Waals surface area contributed by atoms with E-state index in [1.807, 2.05) is 12.1 Å². The summed E-state index contributed by atoms with van der Waals surface area (Å²) in [6.45, 7) is 2.84. The molecule has 5 heteroatoms. The lowest BCUT2D eigenvalue weighted by atomic mass is 10.0. The number of amides is 1. The molecule has 0 aliphatic heterocycles. The minimum absolute atomic E-state index is 0.363. The lowest BCUT2D eigenvalue weighted by molar-refractivity contribution is -0.135. The van der Waals surface area contributed by atoms with Gasteiger partial charge in [0.25, 0.3) is 5.91 Å². The van der Waals surface area contributed by atoms with E-state index < -0.39 is 5.97 Å². The first-order valence-electron chi connectivity index (χ1n) is 12.0. The van der Waals surface area contributed by atoms with Crippen molar-refractivity contribution in [3.8, 4) is 0 Å². The highest BCUT2D eigenvalue weighted by molar-refractivity contribution is 5.96. The molecule has 1 rings (SSSR count). The molecule has 0 atom stereocenters. The molecule has 30 heavy (non-hydrogen) atoms. The molecule has 0 bridgehead atoms. The van der Waals surface area contributed by atoms with Gasteiger partial charge >= 0.3 is 5.97 Å². The Labute approximate surface area is 183 Å². The Bertz CT molecular complexity index is 572. The monoisotopic (exact) mass is 418 g/mol. The van der Waals surface area contributed by atoms with Gasteiger partial charge < -0.3 is 15.7 Å². The smallest absolute Gasteiger partial charge is 0.322 e. The first kappa shape index (κ1) is 26.0. The fraction of sp³-hybridized carbons (Fsp3) is 0.680. The summed E-state index contributed by atoms with van der Waals surface area (Å²) in [7, 11) is 0. The average Bonchev–Trinajstić information content (AvgIpc) is 2.75. The number of carboxylic acids is 1. The highest BCUT2D eigenvalue weighted by Gasteiger charge is 2.06. The summed E-state index contributed by atoms with van der Waals surface area (Å²) >= 11 is 0. The van der Waals surface area contributed by atoms with Gasteiger partial charge in [-0.3, -0.25) is 9.59 Å². The van der Waals surface area contributed by atoms with Crippen LogP contribution in [0.1, 0.15) is 107 Å². The third-order valence-electron chi connectivity index (χ3n) is 5.41. The molecule has 0 fully saturated rings. The minimum Gasteiger partial charge on any atom is -0.480 e. The van der Waals surface area contributed by atoms with Crippen LogP contribution in [-0.2, 0) is 4.79 Å². The van der Waals surface area contributed by atoms with Crippen LogP contribution >= 0.6 is 0 Å². The first-order chi connectivity index (χ1) is 14.6. The highest BCUT2D eigenvalue weighted by Crippen LogP contribution is 2.13. The second-order valence-electron chi connectivity index (χ2n) is 8.18. The number of benzene rings is 1. The fourth-order valence-electron chi connectivity index (χ4n) is 3.55. The predicted octanol–water partition coefficient (Wildman–Crippen LogP) is 6.39. The zero-order valence-corrected chi connectivity index (χ0v) is 18.9. The molecule has 0 aliphatic carbocycles. The number of aliphatic carboxylic acids is 1. The zero-order chi connectivity index (χ0) is 21.9. The number of rotatable bonds is 19. The molecule has 0 radical (unpaired) electrons. The summed E-state index contributed by atoms with van der Waals surface area (Å²) in [5.74, 6) is -1.41.